The predicted molar refractivity (Wildman–Crippen MR) is 89.0 cm³/mol. The fourth-order valence-corrected chi connectivity index (χ4v) is 3.41. The van der Waals surface area contributed by atoms with Gasteiger partial charge in [-0.15, -0.1) is 0 Å². The third-order valence-electron chi connectivity index (χ3n) is 4.27. The van der Waals surface area contributed by atoms with Crippen molar-refractivity contribution in [2.24, 2.45) is 0 Å². The SMILES string of the molecule is Clc1ccc(-c2cccc3[nH]c4c(c23)CCNCC4)cc1. The quantitative estimate of drug-likeness (QED) is 0.693. The zero-order valence-electron chi connectivity index (χ0n) is 11.7. The van der Waals surface area contributed by atoms with Gasteiger partial charge in [0.15, 0.2) is 0 Å². The summed E-state index contributed by atoms with van der Waals surface area (Å²) in [7, 11) is 0. The van der Waals surface area contributed by atoms with Crippen LogP contribution in [0.15, 0.2) is 42.5 Å². The summed E-state index contributed by atoms with van der Waals surface area (Å²) in [6.07, 6.45) is 2.16. The summed E-state index contributed by atoms with van der Waals surface area (Å²) in [5, 5.41) is 5.63. The summed E-state index contributed by atoms with van der Waals surface area (Å²) in [5.74, 6) is 0. The van der Waals surface area contributed by atoms with E-state index in [9.17, 15) is 0 Å². The minimum absolute atomic E-state index is 0.781. The Kier molecular flexibility index (Phi) is 3.21. The molecule has 0 spiro atoms. The molecule has 4 rings (SSSR count). The van der Waals surface area contributed by atoms with Crippen molar-refractivity contribution in [3.63, 3.8) is 0 Å². The van der Waals surface area contributed by atoms with E-state index in [0.717, 1.165) is 31.0 Å². The lowest BCUT2D eigenvalue weighted by molar-refractivity contribution is 0.708. The smallest absolute Gasteiger partial charge is 0.0465 e. The van der Waals surface area contributed by atoms with Gasteiger partial charge < -0.3 is 10.3 Å². The van der Waals surface area contributed by atoms with Crippen LogP contribution in [0.3, 0.4) is 0 Å². The molecule has 2 aromatic carbocycles. The van der Waals surface area contributed by atoms with Crippen molar-refractivity contribution in [2.45, 2.75) is 12.8 Å². The predicted octanol–water partition coefficient (Wildman–Crippen LogP) is 4.18. The van der Waals surface area contributed by atoms with Gasteiger partial charge >= 0.3 is 0 Å². The van der Waals surface area contributed by atoms with E-state index < -0.39 is 0 Å². The molecule has 0 aliphatic carbocycles. The maximum Gasteiger partial charge on any atom is 0.0465 e. The Morgan fingerprint density at radius 1 is 0.905 bits per heavy atom. The second kappa shape index (κ2) is 5.21. The average Bonchev–Trinajstić information content (AvgIpc) is 2.70. The monoisotopic (exact) mass is 296 g/mol. The molecule has 0 saturated heterocycles. The Bertz CT molecular complexity index is 787. The molecule has 1 aromatic heterocycles. The first-order valence-corrected chi connectivity index (χ1v) is 7.80. The highest BCUT2D eigenvalue weighted by Crippen LogP contribution is 2.34. The molecule has 1 aliphatic rings. The standard InChI is InChI=1S/C18H17ClN2/c19-13-6-4-12(5-7-13)14-2-1-3-17-18(14)15-8-10-20-11-9-16(15)21-17/h1-7,20-21H,8-11H2. The molecular formula is C18H17ClN2. The van der Waals surface area contributed by atoms with E-state index >= 15 is 0 Å². The number of hydrogen-bond donors (Lipinski definition) is 2. The fraction of sp³-hybridized carbons (Fsp3) is 0.222. The van der Waals surface area contributed by atoms with Gasteiger partial charge in [0.2, 0.25) is 0 Å². The van der Waals surface area contributed by atoms with Crippen LogP contribution in [-0.2, 0) is 12.8 Å². The molecule has 0 fully saturated rings. The van der Waals surface area contributed by atoms with Gasteiger partial charge in [-0.1, -0.05) is 35.9 Å². The lowest BCUT2D eigenvalue weighted by Gasteiger charge is -2.07. The van der Waals surface area contributed by atoms with E-state index in [1.807, 2.05) is 12.1 Å². The molecular weight excluding hydrogens is 280 g/mol. The topological polar surface area (TPSA) is 27.8 Å². The lowest BCUT2D eigenvalue weighted by Crippen LogP contribution is -2.16. The number of H-pyrrole nitrogens is 1. The van der Waals surface area contributed by atoms with Crippen molar-refractivity contribution in [2.75, 3.05) is 13.1 Å². The highest BCUT2D eigenvalue weighted by atomic mass is 35.5. The number of fused-ring (bicyclic) bond motifs is 3. The summed E-state index contributed by atoms with van der Waals surface area (Å²) in [6.45, 7) is 2.10. The summed E-state index contributed by atoms with van der Waals surface area (Å²) in [4.78, 5) is 3.61. The molecule has 0 radical (unpaired) electrons. The zero-order valence-corrected chi connectivity index (χ0v) is 12.5. The molecule has 2 N–H and O–H groups in total. The first-order chi connectivity index (χ1) is 10.3. The van der Waals surface area contributed by atoms with Gasteiger partial charge in [0.25, 0.3) is 0 Å². The number of halogens is 1. The Hall–Kier alpha value is -1.77. The number of rotatable bonds is 1. The van der Waals surface area contributed by atoms with Gasteiger partial charge in [0.05, 0.1) is 0 Å². The van der Waals surface area contributed by atoms with Crippen LogP contribution in [0.25, 0.3) is 22.0 Å². The third kappa shape index (κ3) is 2.25. The van der Waals surface area contributed by atoms with Crippen LogP contribution in [0.4, 0.5) is 0 Å². The number of benzene rings is 2. The normalized spacial score (nSPS) is 14.9. The molecule has 0 unspecified atom stereocenters. The Balaban J connectivity index is 1.96. The molecule has 0 atom stereocenters. The number of hydrogen-bond acceptors (Lipinski definition) is 1. The van der Waals surface area contributed by atoms with Crippen molar-refractivity contribution >= 4 is 22.5 Å². The van der Waals surface area contributed by atoms with Gasteiger partial charge in [-0.2, -0.15) is 0 Å². The van der Waals surface area contributed by atoms with Crippen LogP contribution in [0.1, 0.15) is 11.3 Å². The molecule has 0 bridgehead atoms. The lowest BCUT2D eigenvalue weighted by atomic mass is 9.97. The van der Waals surface area contributed by atoms with E-state index in [-0.39, 0.29) is 0 Å². The Morgan fingerprint density at radius 3 is 2.57 bits per heavy atom. The molecule has 0 saturated carbocycles. The molecule has 1 aliphatic heterocycles. The first-order valence-electron chi connectivity index (χ1n) is 7.42. The number of aromatic nitrogens is 1. The minimum atomic E-state index is 0.781. The van der Waals surface area contributed by atoms with Crippen LogP contribution >= 0.6 is 11.6 Å². The van der Waals surface area contributed by atoms with Crippen molar-refractivity contribution in [1.82, 2.24) is 10.3 Å². The van der Waals surface area contributed by atoms with Gasteiger partial charge in [-0.05, 0) is 47.9 Å². The summed E-state index contributed by atoms with van der Waals surface area (Å²) < 4.78 is 0. The molecule has 3 heteroatoms. The third-order valence-corrected chi connectivity index (χ3v) is 4.53. The largest absolute Gasteiger partial charge is 0.358 e. The van der Waals surface area contributed by atoms with Crippen molar-refractivity contribution < 1.29 is 0 Å². The van der Waals surface area contributed by atoms with E-state index in [4.69, 9.17) is 11.6 Å². The van der Waals surface area contributed by atoms with Crippen LogP contribution in [0, 0.1) is 0 Å². The Morgan fingerprint density at radius 2 is 1.71 bits per heavy atom. The van der Waals surface area contributed by atoms with Crippen LogP contribution in [-0.4, -0.2) is 18.1 Å². The van der Waals surface area contributed by atoms with Gasteiger partial charge in [-0.3, -0.25) is 0 Å². The molecule has 21 heavy (non-hydrogen) atoms. The van der Waals surface area contributed by atoms with Crippen molar-refractivity contribution in [3.8, 4) is 11.1 Å². The van der Waals surface area contributed by atoms with E-state index in [1.54, 1.807) is 0 Å². The maximum atomic E-state index is 6.02. The van der Waals surface area contributed by atoms with E-state index in [0.29, 0.717) is 0 Å². The minimum Gasteiger partial charge on any atom is -0.358 e. The highest BCUT2D eigenvalue weighted by molar-refractivity contribution is 6.30. The van der Waals surface area contributed by atoms with Gasteiger partial charge in [-0.25, -0.2) is 0 Å². The molecule has 0 amide bonds. The maximum absolute atomic E-state index is 6.02. The molecule has 2 nitrogen and oxygen atoms in total. The fourth-order valence-electron chi connectivity index (χ4n) is 3.28. The van der Waals surface area contributed by atoms with Crippen molar-refractivity contribution in [1.29, 1.82) is 0 Å². The van der Waals surface area contributed by atoms with E-state index in [1.165, 1.54) is 33.3 Å². The van der Waals surface area contributed by atoms with Crippen LogP contribution < -0.4 is 5.32 Å². The Labute approximate surface area is 129 Å². The van der Waals surface area contributed by atoms with Gasteiger partial charge in [0, 0.05) is 34.6 Å². The molecule has 2 heterocycles. The second-order valence-electron chi connectivity index (χ2n) is 5.57. The molecule has 106 valence electrons. The summed E-state index contributed by atoms with van der Waals surface area (Å²) >= 11 is 6.02. The van der Waals surface area contributed by atoms with Crippen LogP contribution in [0.5, 0.6) is 0 Å². The summed E-state index contributed by atoms with van der Waals surface area (Å²) in [6, 6.07) is 14.6. The van der Waals surface area contributed by atoms with Crippen LogP contribution in [0.2, 0.25) is 5.02 Å². The van der Waals surface area contributed by atoms with E-state index in [2.05, 4.69) is 40.6 Å². The molecule has 3 aromatic rings. The first kappa shape index (κ1) is 12.9. The van der Waals surface area contributed by atoms with Crippen molar-refractivity contribution in [3.05, 3.63) is 58.7 Å². The summed E-state index contributed by atoms with van der Waals surface area (Å²) in [5.41, 5.74) is 6.62. The highest BCUT2D eigenvalue weighted by Gasteiger charge is 2.16. The number of aromatic amines is 1. The second-order valence-corrected chi connectivity index (χ2v) is 6.00. The average molecular weight is 297 g/mol. The van der Waals surface area contributed by atoms with Gasteiger partial charge in [0.1, 0.15) is 0 Å². The zero-order chi connectivity index (χ0) is 14.2. The number of nitrogens with one attached hydrogen (secondary N) is 2.